The fourth-order valence-electron chi connectivity index (χ4n) is 2.67. The average molecular weight is 200 g/mol. The van der Waals surface area contributed by atoms with Crippen molar-refractivity contribution in [2.24, 2.45) is 17.8 Å². The minimum atomic E-state index is 0.408. The third-order valence-corrected chi connectivity index (χ3v) is 4.61. The number of thioether (sulfide) groups is 1. The van der Waals surface area contributed by atoms with E-state index in [4.69, 9.17) is 5.11 Å². The number of rotatable bonds is 4. The van der Waals surface area contributed by atoms with Crippen LogP contribution in [0.2, 0.25) is 0 Å². The van der Waals surface area contributed by atoms with Gasteiger partial charge in [-0.3, -0.25) is 0 Å². The molecule has 2 fully saturated rings. The van der Waals surface area contributed by atoms with Crippen LogP contribution in [0.4, 0.5) is 0 Å². The molecule has 1 saturated heterocycles. The second kappa shape index (κ2) is 4.70. The van der Waals surface area contributed by atoms with Crippen LogP contribution in [0, 0.1) is 17.8 Å². The van der Waals surface area contributed by atoms with Crippen molar-refractivity contribution in [1.29, 1.82) is 0 Å². The van der Waals surface area contributed by atoms with E-state index in [0.29, 0.717) is 6.61 Å². The average Bonchev–Trinajstić information content (AvgIpc) is 2.99. The summed E-state index contributed by atoms with van der Waals surface area (Å²) in [5, 5.41) is 9.04. The molecule has 2 rings (SSSR count). The molecule has 1 nitrogen and oxygen atoms in total. The Bertz CT molecular complexity index is 150. The number of hydrogen-bond donors (Lipinski definition) is 1. The molecule has 2 aliphatic rings. The van der Waals surface area contributed by atoms with Gasteiger partial charge in [0.15, 0.2) is 0 Å². The van der Waals surface area contributed by atoms with Gasteiger partial charge in [-0.2, -0.15) is 11.8 Å². The highest BCUT2D eigenvalue weighted by atomic mass is 32.2. The van der Waals surface area contributed by atoms with Crippen LogP contribution in [0.5, 0.6) is 0 Å². The van der Waals surface area contributed by atoms with Crippen molar-refractivity contribution >= 4 is 11.8 Å². The lowest BCUT2D eigenvalue weighted by molar-refractivity contribution is 0.193. The molecule has 0 spiro atoms. The molecule has 0 aromatic rings. The maximum Gasteiger partial charge on any atom is 0.0433 e. The highest BCUT2D eigenvalue weighted by Crippen LogP contribution is 2.45. The largest absolute Gasteiger partial charge is 0.396 e. The Morgan fingerprint density at radius 2 is 1.69 bits per heavy atom. The monoisotopic (exact) mass is 200 g/mol. The van der Waals surface area contributed by atoms with Gasteiger partial charge in [0.1, 0.15) is 0 Å². The van der Waals surface area contributed by atoms with Crippen molar-refractivity contribution in [3.63, 3.8) is 0 Å². The fraction of sp³-hybridized carbons (Fsp3) is 1.00. The molecule has 13 heavy (non-hydrogen) atoms. The third kappa shape index (κ3) is 2.63. The molecule has 1 unspecified atom stereocenters. The summed E-state index contributed by atoms with van der Waals surface area (Å²) in [6.07, 6.45) is 6.76. The maximum atomic E-state index is 9.04. The lowest BCUT2D eigenvalue weighted by atomic mass is 9.82. The first-order chi connectivity index (χ1) is 6.42. The van der Waals surface area contributed by atoms with Gasteiger partial charge in [0.2, 0.25) is 0 Å². The van der Waals surface area contributed by atoms with E-state index in [9.17, 15) is 0 Å². The lowest BCUT2D eigenvalue weighted by Crippen LogP contribution is -2.22. The van der Waals surface area contributed by atoms with E-state index < -0.39 is 0 Å². The van der Waals surface area contributed by atoms with Crippen molar-refractivity contribution in [2.75, 3.05) is 18.1 Å². The first-order valence-corrected chi connectivity index (χ1v) is 6.76. The van der Waals surface area contributed by atoms with Gasteiger partial charge in [-0.25, -0.2) is 0 Å². The smallest absolute Gasteiger partial charge is 0.0433 e. The van der Waals surface area contributed by atoms with Crippen molar-refractivity contribution < 1.29 is 5.11 Å². The summed E-state index contributed by atoms with van der Waals surface area (Å²) in [5.41, 5.74) is 0. The van der Waals surface area contributed by atoms with Crippen LogP contribution < -0.4 is 0 Å². The van der Waals surface area contributed by atoms with Gasteiger partial charge in [-0.05, 0) is 61.4 Å². The number of aliphatic hydroxyl groups is 1. The van der Waals surface area contributed by atoms with E-state index in [-0.39, 0.29) is 0 Å². The molecule has 2 heteroatoms. The molecule has 76 valence electrons. The Labute approximate surface area is 85.3 Å². The van der Waals surface area contributed by atoms with E-state index in [1.807, 2.05) is 0 Å². The molecule has 1 atom stereocenters. The molecule has 1 saturated carbocycles. The number of aliphatic hydroxyl groups excluding tert-OH is 1. The van der Waals surface area contributed by atoms with Crippen LogP contribution in [0.3, 0.4) is 0 Å². The van der Waals surface area contributed by atoms with E-state index in [2.05, 4.69) is 11.8 Å². The molecule has 0 bridgehead atoms. The van der Waals surface area contributed by atoms with Crippen LogP contribution in [0.25, 0.3) is 0 Å². The molecule has 0 aromatic carbocycles. The zero-order valence-electron chi connectivity index (χ0n) is 8.24. The van der Waals surface area contributed by atoms with Gasteiger partial charge in [0.25, 0.3) is 0 Å². The summed E-state index contributed by atoms with van der Waals surface area (Å²) >= 11 is 2.10. The first kappa shape index (κ1) is 9.85. The van der Waals surface area contributed by atoms with Gasteiger partial charge >= 0.3 is 0 Å². The Kier molecular flexibility index (Phi) is 3.56. The lowest BCUT2D eigenvalue weighted by Gasteiger charge is -2.29. The highest BCUT2D eigenvalue weighted by molar-refractivity contribution is 7.99. The summed E-state index contributed by atoms with van der Waals surface area (Å²) in [4.78, 5) is 0. The maximum absolute atomic E-state index is 9.04. The summed E-state index contributed by atoms with van der Waals surface area (Å²) in [5.74, 6) is 5.52. The quantitative estimate of drug-likeness (QED) is 0.752. The summed E-state index contributed by atoms with van der Waals surface area (Å²) in [7, 11) is 0. The summed E-state index contributed by atoms with van der Waals surface area (Å²) < 4.78 is 0. The Morgan fingerprint density at radius 3 is 2.23 bits per heavy atom. The van der Waals surface area contributed by atoms with Gasteiger partial charge < -0.3 is 5.11 Å². The SMILES string of the molecule is OCCC(C1CCSCC1)C1CC1. The molecule has 0 amide bonds. The van der Waals surface area contributed by atoms with Crippen molar-refractivity contribution in [1.82, 2.24) is 0 Å². The van der Waals surface area contributed by atoms with Crippen LogP contribution in [-0.4, -0.2) is 23.2 Å². The molecule has 1 N–H and O–H groups in total. The molecule has 0 aromatic heterocycles. The highest BCUT2D eigenvalue weighted by Gasteiger charge is 2.36. The number of hydrogen-bond acceptors (Lipinski definition) is 2. The van der Waals surface area contributed by atoms with E-state index >= 15 is 0 Å². The third-order valence-electron chi connectivity index (χ3n) is 3.56. The van der Waals surface area contributed by atoms with E-state index in [0.717, 1.165) is 24.2 Å². The van der Waals surface area contributed by atoms with E-state index in [1.165, 1.54) is 37.2 Å². The Balaban J connectivity index is 1.84. The van der Waals surface area contributed by atoms with Crippen molar-refractivity contribution in [3.05, 3.63) is 0 Å². The van der Waals surface area contributed by atoms with E-state index in [1.54, 1.807) is 0 Å². The predicted octanol–water partition coefficient (Wildman–Crippen LogP) is 2.54. The van der Waals surface area contributed by atoms with Gasteiger partial charge in [-0.1, -0.05) is 0 Å². The first-order valence-electron chi connectivity index (χ1n) is 5.60. The van der Waals surface area contributed by atoms with Gasteiger partial charge in [0.05, 0.1) is 0 Å². The molecular formula is C11H20OS. The van der Waals surface area contributed by atoms with Gasteiger partial charge in [0, 0.05) is 6.61 Å². The van der Waals surface area contributed by atoms with Gasteiger partial charge in [-0.15, -0.1) is 0 Å². The second-order valence-corrected chi connectivity index (χ2v) is 5.69. The molecule has 1 heterocycles. The minimum Gasteiger partial charge on any atom is -0.396 e. The zero-order chi connectivity index (χ0) is 9.10. The minimum absolute atomic E-state index is 0.408. The Morgan fingerprint density at radius 1 is 1.08 bits per heavy atom. The summed E-state index contributed by atoms with van der Waals surface area (Å²) in [6.45, 7) is 0.408. The van der Waals surface area contributed by atoms with Crippen molar-refractivity contribution in [2.45, 2.75) is 32.1 Å². The second-order valence-electron chi connectivity index (χ2n) is 4.46. The zero-order valence-corrected chi connectivity index (χ0v) is 9.06. The topological polar surface area (TPSA) is 20.2 Å². The van der Waals surface area contributed by atoms with Crippen LogP contribution in [0.15, 0.2) is 0 Å². The standard InChI is InChI=1S/C11H20OS/c12-6-3-11(9-1-2-9)10-4-7-13-8-5-10/h9-12H,1-8H2. The molecule has 1 aliphatic heterocycles. The van der Waals surface area contributed by atoms with Crippen LogP contribution >= 0.6 is 11.8 Å². The molecule has 1 aliphatic carbocycles. The Hall–Kier alpha value is 0.310. The normalized spacial score (nSPS) is 27.5. The fourth-order valence-corrected chi connectivity index (χ4v) is 3.82. The van der Waals surface area contributed by atoms with Crippen LogP contribution in [0.1, 0.15) is 32.1 Å². The van der Waals surface area contributed by atoms with Crippen LogP contribution in [-0.2, 0) is 0 Å². The summed E-state index contributed by atoms with van der Waals surface area (Å²) in [6, 6.07) is 0. The molecular weight excluding hydrogens is 180 g/mol. The predicted molar refractivity (Wildman–Crippen MR) is 58.0 cm³/mol. The molecule has 0 radical (unpaired) electrons. The van der Waals surface area contributed by atoms with Crippen molar-refractivity contribution in [3.8, 4) is 0 Å².